The van der Waals surface area contributed by atoms with Crippen LogP contribution >= 0.6 is 0 Å². The molecule has 1 saturated carbocycles. The maximum atomic E-state index is 6.14. The second kappa shape index (κ2) is 4.49. The summed E-state index contributed by atoms with van der Waals surface area (Å²) in [7, 11) is 4.32. The van der Waals surface area contributed by atoms with E-state index in [1.165, 1.54) is 30.2 Å². The quantitative estimate of drug-likeness (QED) is 0.829. The van der Waals surface area contributed by atoms with Crippen molar-refractivity contribution >= 4 is 16.5 Å². The van der Waals surface area contributed by atoms with Crippen LogP contribution in [0.2, 0.25) is 0 Å². The first-order chi connectivity index (χ1) is 9.72. The number of rotatable bonds is 3. The molecule has 1 aromatic heterocycles. The number of nitrogens with zero attached hydrogens (tertiary/aromatic N) is 1. The predicted octanol–water partition coefficient (Wildman–Crippen LogP) is 4.18. The summed E-state index contributed by atoms with van der Waals surface area (Å²) in [6.07, 6.45) is 4.06. The van der Waals surface area contributed by atoms with Crippen LogP contribution in [0.4, 0.5) is 0 Å². The highest BCUT2D eigenvalue weighted by Crippen LogP contribution is 2.53. The molecule has 0 aliphatic heterocycles. The molecular formula is C18H21NO. The number of likely N-dealkylation sites (N-methyl/N-ethyl adjacent to an activating group) is 1. The molecule has 0 N–H and O–H groups in total. The van der Waals surface area contributed by atoms with Crippen molar-refractivity contribution < 1.29 is 4.42 Å². The summed E-state index contributed by atoms with van der Waals surface area (Å²) in [5.74, 6) is 2.65. The molecule has 2 aromatic rings. The third-order valence-corrected chi connectivity index (χ3v) is 4.86. The van der Waals surface area contributed by atoms with Crippen molar-refractivity contribution in [3.63, 3.8) is 0 Å². The Morgan fingerprint density at radius 2 is 1.95 bits per heavy atom. The van der Waals surface area contributed by atoms with E-state index in [9.17, 15) is 0 Å². The van der Waals surface area contributed by atoms with E-state index >= 15 is 0 Å². The van der Waals surface area contributed by atoms with Gasteiger partial charge in [0.05, 0.1) is 0 Å². The first-order valence-corrected chi connectivity index (χ1v) is 7.59. The van der Waals surface area contributed by atoms with Crippen LogP contribution in [0.3, 0.4) is 0 Å². The standard InChI is InChI=1S/C18H21NO/c1-19(2)11-15-12-7-8-14(9-12)18(15)17-10-13-5-3-4-6-16(13)20-17/h3-6,10,12,14H,7-9,11H2,1-2H3. The predicted molar refractivity (Wildman–Crippen MR) is 82.5 cm³/mol. The molecule has 2 nitrogen and oxygen atoms in total. The molecular weight excluding hydrogens is 246 g/mol. The smallest absolute Gasteiger partial charge is 0.134 e. The van der Waals surface area contributed by atoms with Gasteiger partial charge in [0.1, 0.15) is 11.3 Å². The van der Waals surface area contributed by atoms with Crippen LogP contribution in [0.5, 0.6) is 0 Å². The second-order valence-electron chi connectivity index (χ2n) is 6.53. The minimum Gasteiger partial charge on any atom is -0.456 e. The fourth-order valence-electron chi connectivity index (χ4n) is 4.07. The number of furan rings is 1. The molecule has 2 unspecified atom stereocenters. The van der Waals surface area contributed by atoms with Gasteiger partial charge < -0.3 is 9.32 Å². The Bertz CT molecular complexity index is 647. The van der Waals surface area contributed by atoms with Crippen molar-refractivity contribution in [1.82, 2.24) is 4.90 Å². The maximum Gasteiger partial charge on any atom is 0.134 e. The van der Waals surface area contributed by atoms with Gasteiger partial charge in [0.15, 0.2) is 0 Å². The molecule has 2 heteroatoms. The van der Waals surface area contributed by atoms with Crippen LogP contribution in [0.1, 0.15) is 25.0 Å². The topological polar surface area (TPSA) is 16.4 Å². The summed E-state index contributed by atoms with van der Waals surface area (Å²) in [4.78, 5) is 2.29. The van der Waals surface area contributed by atoms with E-state index in [-0.39, 0.29) is 0 Å². The highest BCUT2D eigenvalue weighted by Gasteiger charge is 2.40. The lowest BCUT2D eigenvalue weighted by Crippen LogP contribution is -2.19. The highest BCUT2D eigenvalue weighted by atomic mass is 16.3. The van der Waals surface area contributed by atoms with E-state index in [0.717, 1.165) is 29.7 Å². The number of para-hydroxylation sites is 1. The van der Waals surface area contributed by atoms with E-state index < -0.39 is 0 Å². The number of benzene rings is 1. The zero-order valence-electron chi connectivity index (χ0n) is 12.2. The Hall–Kier alpha value is -1.54. The van der Waals surface area contributed by atoms with Gasteiger partial charge in [-0.05, 0) is 68.5 Å². The van der Waals surface area contributed by atoms with Gasteiger partial charge in [-0.1, -0.05) is 18.2 Å². The Labute approximate surface area is 120 Å². The molecule has 1 heterocycles. The number of hydrogen-bond donors (Lipinski definition) is 0. The van der Waals surface area contributed by atoms with Crippen LogP contribution in [-0.4, -0.2) is 25.5 Å². The average Bonchev–Trinajstić information content (AvgIpc) is 3.10. The van der Waals surface area contributed by atoms with Gasteiger partial charge >= 0.3 is 0 Å². The van der Waals surface area contributed by atoms with Crippen LogP contribution < -0.4 is 0 Å². The van der Waals surface area contributed by atoms with E-state index in [1.54, 1.807) is 5.57 Å². The zero-order valence-corrected chi connectivity index (χ0v) is 12.2. The molecule has 0 saturated heterocycles. The van der Waals surface area contributed by atoms with Crippen molar-refractivity contribution in [2.24, 2.45) is 11.8 Å². The van der Waals surface area contributed by atoms with Gasteiger partial charge in [-0.3, -0.25) is 0 Å². The molecule has 1 aromatic carbocycles. The van der Waals surface area contributed by atoms with Gasteiger partial charge in [0.25, 0.3) is 0 Å². The van der Waals surface area contributed by atoms with E-state index in [0.29, 0.717) is 0 Å². The van der Waals surface area contributed by atoms with Crippen LogP contribution in [0, 0.1) is 11.8 Å². The van der Waals surface area contributed by atoms with Gasteiger partial charge in [0, 0.05) is 11.9 Å². The maximum absolute atomic E-state index is 6.14. The molecule has 4 rings (SSSR count). The summed E-state index contributed by atoms with van der Waals surface area (Å²) in [6, 6.07) is 10.6. The van der Waals surface area contributed by atoms with E-state index in [4.69, 9.17) is 4.42 Å². The molecule has 104 valence electrons. The molecule has 20 heavy (non-hydrogen) atoms. The molecule has 1 fully saturated rings. The van der Waals surface area contributed by atoms with Gasteiger partial charge in [-0.25, -0.2) is 0 Å². The lowest BCUT2D eigenvalue weighted by Gasteiger charge is -2.21. The third-order valence-electron chi connectivity index (χ3n) is 4.86. The molecule has 0 radical (unpaired) electrons. The van der Waals surface area contributed by atoms with Crippen molar-refractivity contribution in [3.8, 4) is 0 Å². The SMILES string of the molecule is CN(C)CC1=C(c2cc3ccccc3o2)C2CCC1C2. The van der Waals surface area contributed by atoms with E-state index in [1.807, 2.05) is 6.07 Å². The van der Waals surface area contributed by atoms with E-state index in [2.05, 4.69) is 43.3 Å². The van der Waals surface area contributed by atoms with Crippen LogP contribution in [-0.2, 0) is 0 Å². The molecule has 2 atom stereocenters. The van der Waals surface area contributed by atoms with Crippen LogP contribution in [0.15, 0.2) is 40.3 Å². The lowest BCUT2D eigenvalue weighted by molar-refractivity contribution is 0.422. The Morgan fingerprint density at radius 3 is 2.75 bits per heavy atom. The molecule has 2 aliphatic carbocycles. The summed E-state index contributed by atoms with van der Waals surface area (Å²) in [5, 5.41) is 1.22. The van der Waals surface area contributed by atoms with Gasteiger partial charge in [0.2, 0.25) is 0 Å². The van der Waals surface area contributed by atoms with Crippen molar-refractivity contribution in [1.29, 1.82) is 0 Å². The Balaban J connectivity index is 1.83. The molecule has 2 aliphatic rings. The van der Waals surface area contributed by atoms with Crippen LogP contribution in [0.25, 0.3) is 16.5 Å². The first kappa shape index (κ1) is 12.2. The zero-order chi connectivity index (χ0) is 13.7. The molecule has 2 bridgehead atoms. The normalized spacial score (nSPS) is 25.4. The number of fused-ring (bicyclic) bond motifs is 3. The minimum absolute atomic E-state index is 0.732. The largest absolute Gasteiger partial charge is 0.456 e. The summed E-state index contributed by atoms with van der Waals surface area (Å²) in [5.41, 5.74) is 4.17. The Morgan fingerprint density at radius 1 is 1.15 bits per heavy atom. The summed E-state index contributed by atoms with van der Waals surface area (Å²) in [6.45, 7) is 1.08. The summed E-state index contributed by atoms with van der Waals surface area (Å²) >= 11 is 0. The second-order valence-corrected chi connectivity index (χ2v) is 6.53. The lowest BCUT2D eigenvalue weighted by atomic mass is 9.90. The average molecular weight is 267 g/mol. The molecule has 0 spiro atoms. The number of allylic oxidation sites excluding steroid dienone is 1. The first-order valence-electron chi connectivity index (χ1n) is 7.59. The fraction of sp³-hybridized carbons (Fsp3) is 0.444. The third kappa shape index (κ3) is 1.82. The van der Waals surface area contributed by atoms with Gasteiger partial charge in [-0.15, -0.1) is 0 Å². The Kier molecular flexibility index (Phi) is 2.74. The highest BCUT2D eigenvalue weighted by molar-refractivity contribution is 5.84. The van der Waals surface area contributed by atoms with Crippen molar-refractivity contribution in [2.75, 3.05) is 20.6 Å². The van der Waals surface area contributed by atoms with Crippen molar-refractivity contribution in [3.05, 3.63) is 41.7 Å². The minimum atomic E-state index is 0.732. The monoisotopic (exact) mass is 267 g/mol. The van der Waals surface area contributed by atoms with Gasteiger partial charge in [-0.2, -0.15) is 0 Å². The fourth-order valence-corrected chi connectivity index (χ4v) is 4.07. The summed E-state index contributed by atoms with van der Waals surface area (Å²) < 4.78 is 6.14. The number of hydrogen-bond acceptors (Lipinski definition) is 2. The molecule has 0 amide bonds. The van der Waals surface area contributed by atoms with Crippen molar-refractivity contribution in [2.45, 2.75) is 19.3 Å².